The molecule has 0 fully saturated rings. The number of aromatic nitrogens is 2. The van der Waals surface area contributed by atoms with Crippen molar-refractivity contribution in [2.24, 2.45) is 0 Å². The second-order valence-corrected chi connectivity index (χ2v) is 9.73. The molecular formula is C21H24N2O3S2. The molecule has 0 aliphatic heterocycles. The Morgan fingerprint density at radius 3 is 2.79 bits per heavy atom. The van der Waals surface area contributed by atoms with Gasteiger partial charge in [-0.05, 0) is 57.2 Å². The van der Waals surface area contributed by atoms with Gasteiger partial charge < -0.3 is 9.84 Å². The lowest BCUT2D eigenvalue weighted by molar-refractivity contribution is 0.107. The van der Waals surface area contributed by atoms with Crippen molar-refractivity contribution in [2.75, 3.05) is 12.9 Å². The van der Waals surface area contributed by atoms with E-state index in [0.717, 1.165) is 29.5 Å². The molecule has 1 aromatic carbocycles. The van der Waals surface area contributed by atoms with E-state index in [1.54, 1.807) is 36.9 Å². The second kappa shape index (κ2) is 7.54. The summed E-state index contributed by atoms with van der Waals surface area (Å²) in [5.41, 5.74) is 0.939. The molecule has 0 amide bonds. The molecule has 1 aliphatic carbocycles. The SMILES string of the molecule is COc1ccccc1-n1c(SCC(C)(C)O)nc2sc3c(c2c1=O)CCCC3. The molecule has 0 atom stereocenters. The minimum Gasteiger partial charge on any atom is -0.495 e. The Morgan fingerprint density at radius 1 is 1.29 bits per heavy atom. The van der Waals surface area contributed by atoms with Crippen LogP contribution in [0.15, 0.2) is 34.2 Å². The monoisotopic (exact) mass is 416 g/mol. The molecule has 2 heterocycles. The van der Waals surface area contributed by atoms with Gasteiger partial charge in [-0.15, -0.1) is 11.3 Å². The molecule has 0 bridgehead atoms. The Labute approximate surface area is 172 Å². The van der Waals surface area contributed by atoms with Gasteiger partial charge in [-0.2, -0.15) is 0 Å². The third-order valence-electron chi connectivity index (χ3n) is 4.84. The third kappa shape index (κ3) is 3.58. The van der Waals surface area contributed by atoms with Crippen molar-refractivity contribution in [1.29, 1.82) is 0 Å². The van der Waals surface area contributed by atoms with E-state index in [-0.39, 0.29) is 5.56 Å². The van der Waals surface area contributed by atoms with Crippen LogP contribution in [0.25, 0.3) is 15.9 Å². The number of aryl methyl sites for hydroxylation is 2. The average Bonchev–Trinajstić information content (AvgIpc) is 3.04. The highest BCUT2D eigenvalue weighted by molar-refractivity contribution is 7.99. The fourth-order valence-electron chi connectivity index (χ4n) is 3.55. The molecule has 28 heavy (non-hydrogen) atoms. The number of rotatable bonds is 5. The molecular weight excluding hydrogens is 392 g/mol. The first-order chi connectivity index (χ1) is 13.4. The Hall–Kier alpha value is -1.83. The number of ether oxygens (including phenoxy) is 1. The lowest BCUT2D eigenvalue weighted by Crippen LogP contribution is -2.25. The smallest absolute Gasteiger partial charge is 0.267 e. The first kappa shape index (κ1) is 19.5. The van der Waals surface area contributed by atoms with E-state index in [2.05, 4.69) is 0 Å². The lowest BCUT2D eigenvalue weighted by atomic mass is 9.97. The summed E-state index contributed by atoms with van der Waals surface area (Å²) in [4.78, 5) is 20.6. The summed E-state index contributed by atoms with van der Waals surface area (Å²) in [6.07, 6.45) is 4.24. The number of benzene rings is 1. The Morgan fingerprint density at radius 2 is 2.04 bits per heavy atom. The molecule has 0 saturated carbocycles. The van der Waals surface area contributed by atoms with Crippen molar-refractivity contribution in [2.45, 2.75) is 50.3 Å². The zero-order valence-corrected chi connectivity index (χ0v) is 18.0. The van der Waals surface area contributed by atoms with Gasteiger partial charge in [0.25, 0.3) is 5.56 Å². The molecule has 5 nitrogen and oxygen atoms in total. The maximum atomic E-state index is 13.7. The summed E-state index contributed by atoms with van der Waals surface area (Å²) in [6.45, 7) is 3.52. The maximum Gasteiger partial charge on any atom is 0.267 e. The van der Waals surface area contributed by atoms with Crippen molar-refractivity contribution in [3.63, 3.8) is 0 Å². The normalized spacial score (nSPS) is 14.3. The summed E-state index contributed by atoms with van der Waals surface area (Å²) in [5.74, 6) is 1.06. The van der Waals surface area contributed by atoms with Crippen LogP contribution in [0.1, 0.15) is 37.1 Å². The quantitative estimate of drug-likeness (QED) is 0.499. The van der Waals surface area contributed by atoms with Gasteiger partial charge in [-0.25, -0.2) is 4.98 Å². The molecule has 7 heteroatoms. The Balaban J connectivity index is 1.98. The summed E-state index contributed by atoms with van der Waals surface area (Å²) >= 11 is 3.04. The first-order valence-corrected chi connectivity index (χ1v) is 11.2. The highest BCUT2D eigenvalue weighted by Gasteiger charge is 2.25. The number of nitrogens with zero attached hydrogens (tertiary/aromatic N) is 2. The second-order valence-electron chi connectivity index (χ2n) is 7.70. The van der Waals surface area contributed by atoms with Crippen molar-refractivity contribution >= 4 is 33.3 Å². The number of thioether (sulfide) groups is 1. The van der Waals surface area contributed by atoms with Crippen LogP contribution in [-0.4, -0.2) is 33.1 Å². The molecule has 3 aromatic rings. The predicted molar refractivity (Wildman–Crippen MR) is 115 cm³/mol. The minimum absolute atomic E-state index is 0.0489. The van der Waals surface area contributed by atoms with Crippen LogP contribution in [0.3, 0.4) is 0 Å². The van der Waals surface area contributed by atoms with E-state index in [0.29, 0.717) is 22.3 Å². The van der Waals surface area contributed by atoms with Gasteiger partial charge in [-0.3, -0.25) is 9.36 Å². The number of thiophene rings is 1. The summed E-state index contributed by atoms with van der Waals surface area (Å²) < 4.78 is 7.17. The maximum absolute atomic E-state index is 13.7. The largest absolute Gasteiger partial charge is 0.495 e. The molecule has 2 aromatic heterocycles. The number of fused-ring (bicyclic) bond motifs is 3. The van der Waals surface area contributed by atoms with Crippen LogP contribution >= 0.6 is 23.1 Å². The van der Waals surface area contributed by atoms with Crippen LogP contribution < -0.4 is 10.3 Å². The van der Waals surface area contributed by atoms with Gasteiger partial charge in [0.05, 0.1) is 23.8 Å². The van der Waals surface area contributed by atoms with Gasteiger partial charge in [0, 0.05) is 10.6 Å². The zero-order chi connectivity index (χ0) is 19.9. The van der Waals surface area contributed by atoms with E-state index in [9.17, 15) is 9.90 Å². The summed E-state index contributed by atoms with van der Waals surface area (Å²) in [7, 11) is 1.60. The van der Waals surface area contributed by atoms with Crippen LogP contribution in [0.4, 0.5) is 0 Å². The molecule has 0 unspecified atom stereocenters. The fourth-order valence-corrected chi connectivity index (χ4v) is 5.81. The number of hydrogen-bond donors (Lipinski definition) is 1. The van der Waals surface area contributed by atoms with Gasteiger partial charge in [0.2, 0.25) is 0 Å². The third-order valence-corrected chi connectivity index (χ3v) is 7.41. The molecule has 4 rings (SSSR count). The molecule has 1 aliphatic rings. The van der Waals surface area contributed by atoms with Gasteiger partial charge in [-0.1, -0.05) is 23.9 Å². The number of para-hydroxylation sites is 2. The van der Waals surface area contributed by atoms with Crippen LogP contribution in [0.2, 0.25) is 0 Å². The number of methoxy groups -OCH3 is 1. The van der Waals surface area contributed by atoms with E-state index in [4.69, 9.17) is 9.72 Å². The summed E-state index contributed by atoms with van der Waals surface area (Å²) in [6, 6.07) is 7.50. The van der Waals surface area contributed by atoms with Crippen LogP contribution in [0.5, 0.6) is 5.75 Å². The molecule has 0 spiro atoms. The standard InChI is InChI=1S/C21H24N2O3S2/c1-21(2,25)12-27-20-22-18-17(13-8-4-7-11-16(13)28-18)19(24)23(20)14-9-5-6-10-15(14)26-3/h5-6,9-10,25H,4,7-8,11-12H2,1-3H3. The van der Waals surface area contributed by atoms with E-state index in [1.165, 1.54) is 28.6 Å². The molecule has 1 N–H and O–H groups in total. The van der Waals surface area contributed by atoms with Crippen molar-refractivity contribution < 1.29 is 9.84 Å². The van der Waals surface area contributed by atoms with Crippen molar-refractivity contribution in [1.82, 2.24) is 9.55 Å². The zero-order valence-electron chi connectivity index (χ0n) is 16.3. The molecule has 148 valence electrons. The molecule has 0 radical (unpaired) electrons. The van der Waals surface area contributed by atoms with Gasteiger partial charge in [0.15, 0.2) is 5.16 Å². The van der Waals surface area contributed by atoms with E-state index < -0.39 is 5.60 Å². The fraction of sp³-hybridized carbons (Fsp3) is 0.429. The minimum atomic E-state index is -0.863. The first-order valence-electron chi connectivity index (χ1n) is 9.45. The Bertz CT molecular complexity index is 1080. The summed E-state index contributed by atoms with van der Waals surface area (Å²) in [5, 5.41) is 11.5. The van der Waals surface area contributed by atoms with Crippen LogP contribution in [-0.2, 0) is 12.8 Å². The highest BCUT2D eigenvalue weighted by Crippen LogP contribution is 2.36. The number of aliphatic hydroxyl groups is 1. The van der Waals surface area contributed by atoms with Gasteiger partial charge in [0.1, 0.15) is 10.6 Å². The van der Waals surface area contributed by atoms with E-state index in [1.807, 2.05) is 24.3 Å². The van der Waals surface area contributed by atoms with E-state index >= 15 is 0 Å². The van der Waals surface area contributed by atoms with Crippen LogP contribution in [0, 0.1) is 0 Å². The van der Waals surface area contributed by atoms with Crippen molar-refractivity contribution in [3.05, 3.63) is 45.1 Å². The highest BCUT2D eigenvalue weighted by atomic mass is 32.2. The van der Waals surface area contributed by atoms with Crippen molar-refractivity contribution in [3.8, 4) is 11.4 Å². The molecule has 0 saturated heterocycles. The predicted octanol–water partition coefficient (Wildman–Crippen LogP) is 4.20. The Kier molecular flexibility index (Phi) is 5.24. The topological polar surface area (TPSA) is 64.3 Å². The van der Waals surface area contributed by atoms with Gasteiger partial charge >= 0.3 is 0 Å². The lowest BCUT2D eigenvalue weighted by Gasteiger charge is -2.19. The number of hydrogen-bond acceptors (Lipinski definition) is 6. The average molecular weight is 417 g/mol.